The van der Waals surface area contributed by atoms with E-state index in [2.05, 4.69) is 0 Å². The van der Waals surface area contributed by atoms with Crippen molar-refractivity contribution in [2.45, 2.75) is 30.7 Å². The van der Waals surface area contributed by atoms with Crippen molar-refractivity contribution in [3.8, 4) is 0 Å². The second kappa shape index (κ2) is 10.0. The van der Waals surface area contributed by atoms with E-state index in [1.165, 1.54) is 4.31 Å². The molecule has 176 valence electrons. The van der Waals surface area contributed by atoms with E-state index >= 15 is 0 Å². The molecule has 0 saturated carbocycles. The largest absolute Gasteiger partial charge is 0.378 e. The number of hydrogen-bond donors (Lipinski definition) is 0. The number of amides is 2. The standard InChI is InChI=1S/C24H29N3O5S/c1-25(18-19-5-3-2-4-6-19)33(30,31)21-7-8-22-20(17-21)11-12-27(22)24(29)10-9-23(28)26-13-15-32-16-14-26/h2-8,17H,9-16,18H2,1H3. The van der Waals surface area contributed by atoms with Gasteiger partial charge in [-0.1, -0.05) is 30.3 Å². The highest BCUT2D eigenvalue weighted by Crippen LogP contribution is 2.32. The van der Waals surface area contributed by atoms with E-state index in [0.717, 1.165) is 16.8 Å². The van der Waals surface area contributed by atoms with Crippen LogP contribution in [0.3, 0.4) is 0 Å². The van der Waals surface area contributed by atoms with Crippen LogP contribution in [0.4, 0.5) is 5.69 Å². The molecule has 1 fully saturated rings. The third kappa shape index (κ3) is 5.26. The molecule has 0 radical (unpaired) electrons. The fourth-order valence-electron chi connectivity index (χ4n) is 4.22. The predicted molar refractivity (Wildman–Crippen MR) is 124 cm³/mol. The summed E-state index contributed by atoms with van der Waals surface area (Å²) in [4.78, 5) is 28.7. The molecule has 8 nitrogen and oxygen atoms in total. The Morgan fingerprint density at radius 3 is 2.39 bits per heavy atom. The van der Waals surface area contributed by atoms with Crippen LogP contribution in [0, 0.1) is 0 Å². The van der Waals surface area contributed by atoms with Crippen molar-refractivity contribution in [3.05, 3.63) is 59.7 Å². The quantitative estimate of drug-likeness (QED) is 0.617. The van der Waals surface area contributed by atoms with Crippen LogP contribution in [0.25, 0.3) is 0 Å². The van der Waals surface area contributed by atoms with Gasteiger partial charge in [-0.15, -0.1) is 0 Å². The van der Waals surface area contributed by atoms with E-state index in [9.17, 15) is 18.0 Å². The maximum atomic E-state index is 13.1. The van der Waals surface area contributed by atoms with Crippen molar-refractivity contribution in [1.82, 2.24) is 9.21 Å². The van der Waals surface area contributed by atoms with E-state index in [0.29, 0.717) is 39.3 Å². The van der Waals surface area contributed by atoms with Crippen molar-refractivity contribution in [2.75, 3.05) is 44.8 Å². The summed E-state index contributed by atoms with van der Waals surface area (Å²) in [6, 6.07) is 14.4. The second-order valence-electron chi connectivity index (χ2n) is 8.33. The van der Waals surface area contributed by atoms with Gasteiger partial charge in [0, 0.05) is 51.8 Å². The maximum absolute atomic E-state index is 13.1. The van der Waals surface area contributed by atoms with Gasteiger partial charge in [0.25, 0.3) is 0 Å². The zero-order valence-corrected chi connectivity index (χ0v) is 19.6. The van der Waals surface area contributed by atoms with Crippen LogP contribution >= 0.6 is 0 Å². The predicted octanol–water partition coefficient (Wildman–Crippen LogP) is 2.04. The molecule has 0 bridgehead atoms. The highest BCUT2D eigenvalue weighted by atomic mass is 32.2. The molecule has 1 saturated heterocycles. The minimum atomic E-state index is -3.66. The Morgan fingerprint density at radius 1 is 0.970 bits per heavy atom. The molecule has 33 heavy (non-hydrogen) atoms. The van der Waals surface area contributed by atoms with Crippen LogP contribution in [0.5, 0.6) is 0 Å². The molecule has 2 aliphatic heterocycles. The molecule has 0 aromatic heterocycles. The number of benzene rings is 2. The zero-order valence-electron chi connectivity index (χ0n) is 18.8. The van der Waals surface area contributed by atoms with Crippen molar-refractivity contribution in [2.24, 2.45) is 0 Å². The van der Waals surface area contributed by atoms with Crippen molar-refractivity contribution in [3.63, 3.8) is 0 Å². The summed E-state index contributed by atoms with van der Waals surface area (Å²) >= 11 is 0. The van der Waals surface area contributed by atoms with Crippen LogP contribution in [0.2, 0.25) is 0 Å². The summed E-state index contributed by atoms with van der Waals surface area (Å²) in [5.41, 5.74) is 2.47. The number of nitrogens with zero attached hydrogens (tertiary/aromatic N) is 3. The Bertz CT molecular complexity index is 1110. The molecule has 0 atom stereocenters. The van der Waals surface area contributed by atoms with Gasteiger partial charge in [-0.05, 0) is 35.7 Å². The van der Waals surface area contributed by atoms with Crippen molar-refractivity contribution in [1.29, 1.82) is 0 Å². The zero-order chi connectivity index (χ0) is 23.4. The Balaban J connectivity index is 1.40. The number of carbonyl (C=O) groups excluding carboxylic acids is 2. The summed E-state index contributed by atoms with van der Waals surface area (Å²) in [5.74, 6) is -0.152. The Kier molecular flexibility index (Phi) is 7.11. The average Bonchev–Trinajstić information content (AvgIpc) is 3.27. The number of morpholine rings is 1. The van der Waals surface area contributed by atoms with E-state index in [1.54, 1.807) is 35.0 Å². The Morgan fingerprint density at radius 2 is 1.67 bits per heavy atom. The number of sulfonamides is 1. The van der Waals surface area contributed by atoms with Gasteiger partial charge in [-0.3, -0.25) is 9.59 Å². The molecule has 9 heteroatoms. The SMILES string of the molecule is CN(Cc1ccccc1)S(=O)(=O)c1ccc2c(c1)CCN2C(=O)CCC(=O)N1CCOCC1. The lowest BCUT2D eigenvalue weighted by molar-refractivity contribution is -0.136. The molecule has 2 aromatic carbocycles. The summed E-state index contributed by atoms with van der Waals surface area (Å²) in [6.07, 6.45) is 0.890. The van der Waals surface area contributed by atoms with Crippen molar-refractivity contribution < 1.29 is 22.7 Å². The van der Waals surface area contributed by atoms with E-state index in [-0.39, 0.29) is 36.1 Å². The number of ether oxygens (including phenoxy) is 1. The van der Waals surface area contributed by atoms with Gasteiger partial charge in [0.1, 0.15) is 0 Å². The normalized spacial score (nSPS) is 16.2. The third-order valence-electron chi connectivity index (χ3n) is 6.12. The smallest absolute Gasteiger partial charge is 0.243 e. The number of fused-ring (bicyclic) bond motifs is 1. The lowest BCUT2D eigenvalue weighted by Gasteiger charge is -2.27. The molecule has 0 N–H and O–H groups in total. The molecular weight excluding hydrogens is 442 g/mol. The highest BCUT2D eigenvalue weighted by Gasteiger charge is 2.29. The van der Waals surface area contributed by atoms with Gasteiger partial charge < -0.3 is 14.5 Å². The fraction of sp³-hybridized carbons (Fsp3) is 0.417. The first-order valence-corrected chi connectivity index (χ1v) is 12.6. The maximum Gasteiger partial charge on any atom is 0.243 e. The lowest BCUT2D eigenvalue weighted by Crippen LogP contribution is -2.41. The van der Waals surface area contributed by atoms with Gasteiger partial charge in [0.2, 0.25) is 21.8 Å². The summed E-state index contributed by atoms with van der Waals surface area (Å²) in [6.45, 7) is 2.96. The summed E-state index contributed by atoms with van der Waals surface area (Å²) < 4.78 is 32.7. The molecule has 2 amide bonds. The first-order valence-electron chi connectivity index (χ1n) is 11.2. The summed E-state index contributed by atoms with van der Waals surface area (Å²) in [7, 11) is -2.09. The molecule has 4 rings (SSSR count). The minimum Gasteiger partial charge on any atom is -0.378 e. The highest BCUT2D eigenvalue weighted by molar-refractivity contribution is 7.89. The molecular formula is C24H29N3O5S. The Labute approximate surface area is 194 Å². The molecule has 2 aromatic rings. The second-order valence-corrected chi connectivity index (χ2v) is 10.4. The van der Waals surface area contributed by atoms with E-state index in [1.807, 2.05) is 30.3 Å². The number of carbonyl (C=O) groups is 2. The minimum absolute atomic E-state index is 0.0334. The number of rotatable bonds is 7. The van der Waals surface area contributed by atoms with Crippen LogP contribution in [-0.2, 0) is 37.3 Å². The molecule has 2 aliphatic rings. The van der Waals surface area contributed by atoms with Gasteiger partial charge in [0.05, 0.1) is 18.1 Å². The molecule has 2 heterocycles. The van der Waals surface area contributed by atoms with Crippen LogP contribution in [0.15, 0.2) is 53.4 Å². The van der Waals surface area contributed by atoms with Crippen LogP contribution < -0.4 is 4.90 Å². The van der Waals surface area contributed by atoms with Gasteiger partial charge in [-0.25, -0.2) is 8.42 Å². The third-order valence-corrected chi connectivity index (χ3v) is 7.92. The van der Waals surface area contributed by atoms with Crippen LogP contribution in [-0.4, -0.2) is 69.3 Å². The first-order chi connectivity index (χ1) is 15.9. The monoisotopic (exact) mass is 471 g/mol. The first kappa shape index (κ1) is 23.4. The summed E-state index contributed by atoms with van der Waals surface area (Å²) in [5, 5.41) is 0. The lowest BCUT2D eigenvalue weighted by atomic mass is 10.2. The Hall–Kier alpha value is -2.75. The molecule has 0 unspecified atom stereocenters. The van der Waals surface area contributed by atoms with E-state index < -0.39 is 10.0 Å². The van der Waals surface area contributed by atoms with Crippen molar-refractivity contribution >= 4 is 27.5 Å². The van der Waals surface area contributed by atoms with Gasteiger partial charge >= 0.3 is 0 Å². The fourth-order valence-corrected chi connectivity index (χ4v) is 5.43. The number of anilines is 1. The molecule has 0 spiro atoms. The topological polar surface area (TPSA) is 87.2 Å². The van der Waals surface area contributed by atoms with Crippen LogP contribution in [0.1, 0.15) is 24.0 Å². The number of hydrogen-bond acceptors (Lipinski definition) is 5. The molecule has 0 aliphatic carbocycles. The average molecular weight is 472 g/mol. The van der Waals surface area contributed by atoms with E-state index in [4.69, 9.17) is 4.74 Å². The van der Waals surface area contributed by atoms with Gasteiger partial charge in [0.15, 0.2) is 0 Å². The van der Waals surface area contributed by atoms with Gasteiger partial charge in [-0.2, -0.15) is 4.31 Å².